The van der Waals surface area contributed by atoms with Crippen LogP contribution < -0.4 is 0 Å². The van der Waals surface area contributed by atoms with Gasteiger partial charge >= 0.3 is 0 Å². The lowest BCUT2D eigenvalue weighted by Gasteiger charge is -2.35. The Labute approximate surface area is 131 Å². The van der Waals surface area contributed by atoms with Crippen LogP contribution in [0, 0.1) is 6.92 Å². The van der Waals surface area contributed by atoms with E-state index in [1.807, 2.05) is 32.2 Å². The molecule has 1 aromatic carbocycles. The second-order valence-corrected chi connectivity index (χ2v) is 6.41. The van der Waals surface area contributed by atoms with Crippen LogP contribution in [0.5, 0.6) is 0 Å². The number of carbonyl (C=O) groups excluding carboxylic acids is 1. The third-order valence-electron chi connectivity index (χ3n) is 4.45. The van der Waals surface area contributed by atoms with Gasteiger partial charge in [0.05, 0.1) is 12.1 Å². The highest BCUT2D eigenvalue weighted by molar-refractivity contribution is 6.31. The zero-order chi connectivity index (χ0) is 15.4. The molecule has 0 radical (unpaired) electrons. The first kappa shape index (κ1) is 16.3. The van der Waals surface area contributed by atoms with E-state index in [0.29, 0.717) is 12.8 Å². The molecule has 1 saturated carbocycles. The SMILES string of the molecule is Cc1ccc(CCC(=O)N(C)C2CCCCC2O)cc1Cl. The van der Waals surface area contributed by atoms with Gasteiger partial charge in [0.2, 0.25) is 5.91 Å². The lowest BCUT2D eigenvalue weighted by atomic mass is 9.91. The largest absolute Gasteiger partial charge is 0.391 e. The molecule has 0 bridgehead atoms. The van der Waals surface area contributed by atoms with Crippen LogP contribution in [-0.4, -0.2) is 35.1 Å². The molecule has 4 heteroatoms. The topological polar surface area (TPSA) is 40.5 Å². The minimum Gasteiger partial charge on any atom is -0.391 e. The predicted octanol–water partition coefficient (Wildman–Crippen LogP) is 3.34. The average Bonchev–Trinajstić information content (AvgIpc) is 2.48. The van der Waals surface area contributed by atoms with E-state index in [2.05, 4.69) is 0 Å². The maximum absolute atomic E-state index is 12.3. The molecule has 0 aromatic heterocycles. The first-order chi connectivity index (χ1) is 9.99. The summed E-state index contributed by atoms with van der Waals surface area (Å²) in [4.78, 5) is 14.0. The third-order valence-corrected chi connectivity index (χ3v) is 4.86. The normalized spacial score (nSPS) is 22.1. The molecule has 2 rings (SSSR count). The first-order valence-corrected chi connectivity index (χ1v) is 8.05. The van der Waals surface area contributed by atoms with Crippen molar-refractivity contribution in [2.75, 3.05) is 7.05 Å². The highest BCUT2D eigenvalue weighted by Gasteiger charge is 2.28. The van der Waals surface area contributed by atoms with Crippen molar-refractivity contribution in [3.05, 3.63) is 34.3 Å². The number of aryl methyl sites for hydroxylation is 2. The number of likely N-dealkylation sites (N-methyl/N-ethyl adjacent to an activating group) is 1. The van der Waals surface area contributed by atoms with Crippen LogP contribution in [0.15, 0.2) is 18.2 Å². The monoisotopic (exact) mass is 309 g/mol. The van der Waals surface area contributed by atoms with E-state index in [1.165, 1.54) is 0 Å². The Morgan fingerprint density at radius 2 is 2.10 bits per heavy atom. The Hall–Kier alpha value is -1.06. The van der Waals surface area contributed by atoms with Crippen LogP contribution in [0.1, 0.15) is 43.2 Å². The lowest BCUT2D eigenvalue weighted by Crippen LogP contribution is -2.46. The summed E-state index contributed by atoms with van der Waals surface area (Å²) in [6, 6.07) is 5.91. The highest BCUT2D eigenvalue weighted by atomic mass is 35.5. The maximum Gasteiger partial charge on any atom is 0.222 e. The number of hydrogen-bond donors (Lipinski definition) is 1. The molecule has 3 nitrogen and oxygen atoms in total. The minimum absolute atomic E-state index is 0.0205. The number of amides is 1. The standard InChI is InChI=1S/C17H24ClNO2/c1-12-7-8-13(11-14(12)18)9-10-17(21)19(2)15-5-3-4-6-16(15)20/h7-8,11,15-16,20H,3-6,9-10H2,1-2H3. The van der Waals surface area contributed by atoms with Gasteiger partial charge in [-0.2, -0.15) is 0 Å². The number of rotatable bonds is 4. The Morgan fingerprint density at radius 1 is 1.38 bits per heavy atom. The molecular weight excluding hydrogens is 286 g/mol. The second-order valence-electron chi connectivity index (χ2n) is 6.01. The van der Waals surface area contributed by atoms with Gasteiger partial charge in [-0.1, -0.05) is 36.6 Å². The molecule has 1 N–H and O–H groups in total. The summed E-state index contributed by atoms with van der Waals surface area (Å²) in [6.07, 6.45) is 4.62. The summed E-state index contributed by atoms with van der Waals surface area (Å²) < 4.78 is 0. The second kappa shape index (κ2) is 7.28. The van der Waals surface area contributed by atoms with Gasteiger partial charge in [0.15, 0.2) is 0 Å². The van der Waals surface area contributed by atoms with Crippen molar-refractivity contribution in [3.63, 3.8) is 0 Å². The lowest BCUT2D eigenvalue weighted by molar-refractivity contribution is -0.135. The zero-order valence-corrected chi connectivity index (χ0v) is 13.6. The summed E-state index contributed by atoms with van der Waals surface area (Å²) >= 11 is 6.10. The van der Waals surface area contributed by atoms with Gasteiger partial charge in [0, 0.05) is 18.5 Å². The van der Waals surface area contributed by atoms with E-state index >= 15 is 0 Å². The predicted molar refractivity (Wildman–Crippen MR) is 85.5 cm³/mol. The molecule has 2 unspecified atom stereocenters. The Balaban J connectivity index is 1.89. The minimum atomic E-state index is -0.374. The summed E-state index contributed by atoms with van der Waals surface area (Å²) in [5.41, 5.74) is 2.13. The van der Waals surface area contributed by atoms with Gasteiger partial charge in [0.1, 0.15) is 0 Å². The Kier molecular flexibility index (Phi) is 5.65. The molecule has 0 saturated heterocycles. The molecule has 2 atom stereocenters. The zero-order valence-electron chi connectivity index (χ0n) is 12.8. The van der Waals surface area contributed by atoms with E-state index in [0.717, 1.165) is 41.8 Å². The fraction of sp³-hybridized carbons (Fsp3) is 0.588. The van der Waals surface area contributed by atoms with Gasteiger partial charge in [-0.05, 0) is 43.4 Å². The molecule has 21 heavy (non-hydrogen) atoms. The van der Waals surface area contributed by atoms with Crippen LogP contribution in [0.2, 0.25) is 5.02 Å². The van der Waals surface area contributed by atoms with E-state index < -0.39 is 0 Å². The van der Waals surface area contributed by atoms with Crippen molar-refractivity contribution >= 4 is 17.5 Å². The Bertz CT molecular complexity index is 504. The first-order valence-electron chi connectivity index (χ1n) is 7.68. The van der Waals surface area contributed by atoms with Crippen LogP contribution in [0.3, 0.4) is 0 Å². The number of halogens is 1. The van der Waals surface area contributed by atoms with Gasteiger partial charge in [-0.3, -0.25) is 4.79 Å². The number of carbonyl (C=O) groups is 1. The molecular formula is C17H24ClNO2. The van der Waals surface area contributed by atoms with E-state index in [1.54, 1.807) is 4.90 Å². The van der Waals surface area contributed by atoms with Crippen molar-refractivity contribution in [1.29, 1.82) is 0 Å². The van der Waals surface area contributed by atoms with Crippen LogP contribution in [0.4, 0.5) is 0 Å². The van der Waals surface area contributed by atoms with Crippen molar-refractivity contribution in [2.45, 2.75) is 57.6 Å². The van der Waals surface area contributed by atoms with Gasteiger partial charge < -0.3 is 10.0 Å². The smallest absolute Gasteiger partial charge is 0.222 e. The van der Waals surface area contributed by atoms with Crippen molar-refractivity contribution in [2.24, 2.45) is 0 Å². The van der Waals surface area contributed by atoms with E-state index in [4.69, 9.17) is 11.6 Å². The average molecular weight is 310 g/mol. The molecule has 116 valence electrons. The molecule has 1 fully saturated rings. The molecule has 0 aliphatic heterocycles. The van der Waals surface area contributed by atoms with Crippen molar-refractivity contribution < 1.29 is 9.90 Å². The molecule has 0 spiro atoms. The van der Waals surface area contributed by atoms with Crippen molar-refractivity contribution in [1.82, 2.24) is 4.90 Å². The summed E-state index contributed by atoms with van der Waals surface area (Å²) in [5.74, 6) is 0.0950. The summed E-state index contributed by atoms with van der Waals surface area (Å²) in [6.45, 7) is 1.97. The fourth-order valence-corrected chi connectivity index (χ4v) is 3.15. The molecule has 1 amide bonds. The van der Waals surface area contributed by atoms with Gasteiger partial charge in [0.25, 0.3) is 0 Å². The van der Waals surface area contributed by atoms with E-state index in [-0.39, 0.29) is 18.1 Å². The highest BCUT2D eigenvalue weighted by Crippen LogP contribution is 2.23. The molecule has 1 aliphatic rings. The van der Waals surface area contributed by atoms with Crippen LogP contribution in [0.25, 0.3) is 0 Å². The van der Waals surface area contributed by atoms with Crippen LogP contribution >= 0.6 is 11.6 Å². The maximum atomic E-state index is 12.3. The van der Waals surface area contributed by atoms with Gasteiger partial charge in [-0.25, -0.2) is 0 Å². The fourth-order valence-electron chi connectivity index (χ4n) is 2.95. The number of hydrogen-bond acceptors (Lipinski definition) is 2. The molecule has 0 heterocycles. The number of nitrogens with zero attached hydrogens (tertiary/aromatic N) is 1. The van der Waals surface area contributed by atoms with Crippen LogP contribution in [-0.2, 0) is 11.2 Å². The van der Waals surface area contributed by atoms with Crippen molar-refractivity contribution in [3.8, 4) is 0 Å². The third kappa shape index (κ3) is 4.21. The summed E-state index contributed by atoms with van der Waals surface area (Å²) in [5, 5.41) is 10.8. The number of aliphatic hydroxyl groups is 1. The number of aliphatic hydroxyl groups excluding tert-OH is 1. The van der Waals surface area contributed by atoms with E-state index in [9.17, 15) is 9.90 Å². The number of benzene rings is 1. The summed E-state index contributed by atoms with van der Waals surface area (Å²) in [7, 11) is 1.81. The Morgan fingerprint density at radius 3 is 2.76 bits per heavy atom. The quantitative estimate of drug-likeness (QED) is 0.926. The molecule has 1 aromatic rings. The van der Waals surface area contributed by atoms with Gasteiger partial charge in [-0.15, -0.1) is 0 Å². The molecule has 1 aliphatic carbocycles.